The van der Waals surface area contributed by atoms with Crippen LogP contribution in [-0.2, 0) is 4.79 Å². The van der Waals surface area contributed by atoms with E-state index in [1.807, 2.05) is 27.9 Å². The van der Waals surface area contributed by atoms with Gasteiger partial charge in [-0.05, 0) is 30.2 Å². The molecule has 1 aromatic rings. The van der Waals surface area contributed by atoms with E-state index in [-0.39, 0.29) is 28.9 Å². The first-order valence-electron chi connectivity index (χ1n) is 8.58. The molecule has 0 saturated carbocycles. The molecule has 2 atom stereocenters. The Labute approximate surface area is 152 Å². The summed E-state index contributed by atoms with van der Waals surface area (Å²) in [4.78, 5) is 28.5. The summed E-state index contributed by atoms with van der Waals surface area (Å²) in [5.74, 6) is 0.0808. The predicted octanol–water partition coefficient (Wildman–Crippen LogP) is 0.626. The van der Waals surface area contributed by atoms with Gasteiger partial charge in [0, 0.05) is 11.3 Å². The van der Waals surface area contributed by atoms with Crippen molar-refractivity contribution in [3.63, 3.8) is 0 Å². The van der Waals surface area contributed by atoms with Gasteiger partial charge in [0.15, 0.2) is 0 Å². The summed E-state index contributed by atoms with van der Waals surface area (Å²) < 4.78 is 13.1. The van der Waals surface area contributed by atoms with Gasteiger partial charge in [-0.15, -0.1) is 11.8 Å². The third-order valence-electron chi connectivity index (χ3n) is 4.16. The second kappa shape index (κ2) is 8.67. The summed E-state index contributed by atoms with van der Waals surface area (Å²) in [7, 11) is 4.05. The van der Waals surface area contributed by atoms with Crippen molar-refractivity contribution in [2.75, 3.05) is 32.9 Å². The van der Waals surface area contributed by atoms with Crippen LogP contribution < -0.4 is 10.2 Å². The Morgan fingerprint density at radius 3 is 2.52 bits per heavy atom. The average Bonchev–Trinajstić information content (AvgIpc) is 2.99. The normalized spacial score (nSPS) is 20.4. The molecule has 1 heterocycles. The smallest absolute Gasteiger partial charge is 0.255 e. The number of quaternary nitrogens is 1. The number of halogens is 1. The highest BCUT2D eigenvalue weighted by Gasteiger charge is 2.42. The molecule has 2 N–H and O–H groups in total. The number of hydrogen-bond acceptors (Lipinski definition) is 3. The lowest BCUT2D eigenvalue weighted by atomic mass is 10.1. The summed E-state index contributed by atoms with van der Waals surface area (Å²) >= 11 is 1.63. The molecule has 1 saturated heterocycles. The lowest BCUT2D eigenvalue weighted by molar-refractivity contribution is -0.856. The molecule has 138 valence electrons. The maximum atomic E-state index is 13.1. The molecule has 1 aromatic carbocycles. The molecular formula is C18H27FN3O2S+. The molecule has 1 aliphatic rings. The summed E-state index contributed by atoms with van der Waals surface area (Å²) in [6.07, 6.45) is 0. The van der Waals surface area contributed by atoms with E-state index in [4.69, 9.17) is 0 Å². The van der Waals surface area contributed by atoms with Gasteiger partial charge in [0.05, 0.1) is 32.6 Å². The van der Waals surface area contributed by atoms with E-state index in [2.05, 4.69) is 5.32 Å². The lowest BCUT2D eigenvalue weighted by Crippen LogP contribution is -3.06. The number of likely N-dealkylation sites (N-methyl/N-ethyl adjacent to an activating group) is 1. The number of thioether (sulfide) groups is 1. The van der Waals surface area contributed by atoms with Crippen molar-refractivity contribution in [2.45, 2.75) is 25.3 Å². The van der Waals surface area contributed by atoms with E-state index in [0.717, 1.165) is 6.54 Å². The minimum Gasteiger partial charge on any atom is -0.349 e. The van der Waals surface area contributed by atoms with E-state index in [0.29, 0.717) is 17.9 Å². The van der Waals surface area contributed by atoms with Crippen LogP contribution >= 0.6 is 11.8 Å². The Hall–Kier alpha value is -1.60. The van der Waals surface area contributed by atoms with E-state index in [1.165, 1.54) is 29.2 Å². The van der Waals surface area contributed by atoms with Crippen molar-refractivity contribution in [3.8, 4) is 0 Å². The SMILES string of the molecule is CC(C)[C@H]1SC[C@H](C(=O)NCC[NH+](C)C)N1C(=O)c1ccc(F)cc1. The number of nitrogens with one attached hydrogen (secondary N) is 2. The highest BCUT2D eigenvalue weighted by Crippen LogP contribution is 2.35. The summed E-state index contributed by atoms with van der Waals surface area (Å²) in [6.45, 7) is 5.48. The Bertz CT molecular complexity index is 607. The van der Waals surface area contributed by atoms with Crippen LogP contribution in [0.15, 0.2) is 24.3 Å². The van der Waals surface area contributed by atoms with E-state index in [1.54, 1.807) is 16.7 Å². The Morgan fingerprint density at radius 1 is 1.32 bits per heavy atom. The van der Waals surface area contributed by atoms with Crippen molar-refractivity contribution in [1.29, 1.82) is 0 Å². The third-order valence-corrected chi connectivity index (χ3v) is 5.78. The molecule has 1 aliphatic heterocycles. The van der Waals surface area contributed by atoms with Gasteiger partial charge in [-0.3, -0.25) is 9.59 Å². The molecule has 0 aromatic heterocycles. The lowest BCUT2D eigenvalue weighted by Gasteiger charge is -2.31. The standard InChI is InChI=1S/C18H26FN3O2S/c1-12(2)18-22(17(24)13-5-7-14(19)8-6-13)15(11-25-18)16(23)20-9-10-21(3)4/h5-8,12,15,18H,9-11H2,1-4H3,(H,20,23)/p+1/t15-,18-/m1/s1. The zero-order valence-electron chi connectivity index (χ0n) is 15.2. The first-order chi connectivity index (χ1) is 11.8. The fraction of sp³-hybridized carbons (Fsp3) is 0.556. The zero-order valence-corrected chi connectivity index (χ0v) is 16.0. The van der Waals surface area contributed by atoms with Crippen molar-refractivity contribution >= 4 is 23.6 Å². The zero-order chi connectivity index (χ0) is 18.6. The first kappa shape index (κ1) is 19.7. The van der Waals surface area contributed by atoms with E-state index >= 15 is 0 Å². The van der Waals surface area contributed by atoms with Crippen LogP contribution in [0.25, 0.3) is 0 Å². The van der Waals surface area contributed by atoms with Gasteiger partial charge in [0.25, 0.3) is 5.91 Å². The molecule has 1 fully saturated rings. The number of benzene rings is 1. The number of amides is 2. The Morgan fingerprint density at radius 2 is 1.96 bits per heavy atom. The minimum absolute atomic E-state index is 0.0622. The largest absolute Gasteiger partial charge is 0.349 e. The highest BCUT2D eigenvalue weighted by molar-refractivity contribution is 8.00. The van der Waals surface area contributed by atoms with Crippen molar-refractivity contribution in [2.24, 2.45) is 5.92 Å². The number of hydrogen-bond donors (Lipinski definition) is 2. The fourth-order valence-corrected chi connectivity index (χ4v) is 4.28. The highest BCUT2D eigenvalue weighted by atomic mass is 32.2. The summed E-state index contributed by atoms with van der Waals surface area (Å²) in [5, 5.41) is 2.87. The van der Waals surface area contributed by atoms with Crippen molar-refractivity contribution in [1.82, 2.24) is 10.2 Å². The van der Waals surface area contributed by atoms with Gasteiger partial charge < -0.3 is 15.1 Å². The topological polar surface area (TPSA) is 53.9 Å². The quantitative estimate of drug-likeness (QED) is 0.774. The first-order valence-corrected chi connectivity index (χ1v) is 9.62. The monoisotopic (exact) mass is 368 g/mol. The average molecular weight is 368 g/mol. The maximum Gasteiger partial charge on any atom is 0.255 e. The van der Waals surface area contributed by atoms with Gasteiger partial charge in [0.2, 0.25) is 5.91 Å². The molecule has 5 nitrogen and oxygen atoms in total. The van der Waals surface area contributed by atoms with Gasteiger partial charge >= 0.3 is 0 Å². The van der Waals surface area contributed by atoms with Gasteiger partial charge in [-0.1, -0.05) is 13.8 Å². The van der Waals surface area contributed by atoms with E-state index < -0.39 is 6.04 Å². The molecule has 25 heavy (non-hydrogen) atoms. The molecule has 7 heteroatoms. The maximum absolute atomic E-state index is 13.1. The number of carbonyl (C=O) groups excluding carboxylic acids is 2. The molecule has 0 aliphatic carbocycles. The van der Waals surface area contributed by atoms with E-state index in [9.17, 15) is 14.0 Å². The molecule has 0 spiro atoms. The summed E-state index contributed by atoms with van der Waals surface area (Å²) in [5.41, 5.74) is 0.407. The van der Waals surface area contributed by atoms with Crippen LogP contribution in [0.3, 0.4) is 0 Å². The van der Waals surface area contributed by atoms with Crippen LogP contribution in [0.5, 0.6) is 0 Å². The van der Waals surface area contributed by atoms with Crippen LogP contribution in [0.4, 0.5) is 4.39 Å². The third kappa shape index (κ3) is 4.95. The second-order valence-electron chi connectivity index (χ2n) is 6.95. The van der Waals surface area contributed by atoms with Gasteiger partial charge in [-0.2, -0.15) is 0 Å². The molecule has 2 rings (SSSR count). The Kier molecular flexibility index (Phi) is 6.84. The molecule has 2 amide bonds. The Balaban J connectivity index is 2.16. The van der Waals surface area contributed by atoms with Crippen LogP contribution in [0, 0.1) is 11.7 Å². The molecular weight excluding hydrogens is 341 g/mol. The number of carbonyl (C=O) groups is 2. The molecule has 0 unspecified atom stereocenters. The minimum atomic E-state index is -0.493. The van der Waals surface area contributed by atoms with Crippen LogP contribution in [0.2, 0.25) is 0 Å². The molecule has 0 radical (unpaired) electrons. The van der Waals surface area contributed by atoms with Crippen molar-refractivity contribution in [3.05, 3.63) is 35.6 Å². The van der Waals surface area contributed by atoms with Gasteiger partial charge in [-0.25, -0.2) is 4.39 Å². The predicted molar refractivity (Wildman–Crippen MR) is 98.1 cm³/mol. The number of nitrogens with zero attached hydrogens (tertiary/aromatic N) is 1. The van der Waals surface area contributed by atoms with Crippen LogP contribution in [-0.4, -0.2) is 61.1 Å². The summed E-state index contributed by atoms with van der Waals surface area (Å²) in [6, 6.07) is 5.00. The molecule has 0 bridgehead atoms. The number of rotatable bonds is 6. The van der Waals surface area contributed by atoms with Gasteiger partial charge in [0.1, 0.15) is 11.9 Å². The van der Waals surface area contributed by atoms with Crippen molar-refractivity contribution < 1.29 is 18.9 Å². The fourth-order valence-electron chi connectivity index (χ4n) is 2.80. The second-order valence-corrected chi connectivity index (χ2v) is 8.10. The van der Waals surface area contributed by atoms with Crippen LogP contribution in [0.1, 0.15) is 24.2 Å².